The predicted octanol–water partition coefficient (Wildman–Crippen LogP) is 2.53. The molecule has 11 nitrogen and oxygen atoms in total. The van der Waals surface area contributed by atoms with E-state index in [-0.39, 0.29) is 76.4 Å². The molecule has 3 N–H and O–H groups in total. The van der Waals surface area contributed by atoms with Gasteiger partial charge in [-0.25, -0.2) is 0 Å². The maximum atomic E-state index is 13.8. The maximum absolute atomic E-state index is 13.8. The molecule has 2 aromatic rings. The fourth-order valence-electron chi connectivity index (χ4n) is 7.58. The number of ketones is 3. The Kier molecular flexibility index (Phi) is 6.27. The van der Waals surface area contributed by atoms with Crippen molar-refractivity contribution >= 4 is 17.3 Å². The number of benzene rings is 2. The van der Waals surface area contributed by atoms with Gasteiger partial charge in [0.05, 0.1) is 36.0 Å². The molecular formula is C31H33NO10. The number of hydrogen-bond acceptors (Lipinski definition) is 11. The highest BCUT2D eigenvalue weighted by molar-refractivity contribution is 6.31. The number of phenols is 2. The number of ether oxygens (including phenoxy) is 4. The van der Waals surface area contributed by atoms with Gasteiger partial charge in [0.25, 0.3) is 0 Å². The molecule has 3 heterocycles. The zero-order chi connectivity index (χ0) is 29.7. The highest BCUT2D eigenvalue weighted by atomic mass is 16.7. The lowest BCUT2D eigenvalue weighted by Crippen LogP contribution is -2.51. The van der Waals surface area contributed by atoms with E-state index in [0.29, 0.717) is 6.42 Å². The standard InChI is InChI=1S/C31H33NO10/c1-13-30-17(32-9-5-8-20(32)42-30)10-21(40-13)41-19-12-31(38,14(2)33)11-16-23(19)29(37)25-24(27(16)35)26(34)15-6-4-7-18(39-3)22(15)28(25)36/h4,6-7,13,17,19-21,30,35,37-38H,5,8-12H2,1-3H3/t13-,17+,19-,20?,21-,30-,31-/m0/s1. The zero-order valence-electron chi connectivity index (χ0n) is 23.6. The van der Waals surface area contributed by atoms with E-state index in [9.17, 15) is 29.7 Å². The number of carbonyl (C=O) groups excluding carboxylic acids is 3. The van der Waals surface area contributed by atoms with E-state index >= 15 is 0 Å². The Balaban J connectivity index is 1.32. The van der Waals surface area contributed by atoms with Crippen LogP contribution in [-0.2, 0) is 25.4 Å². The van der Waals surface area contributed by atoms with E-state index in [2.05, 4.69) is 4.90 Å². The van der Waals surface area contributed by atoms with Gasteiger partial charge in [0, 0.05) is 48.5 Å². The topological polar surface area (TPSA) is 152 Å². The summed E-state index contributed by atoms with van der Waals surface area (Å²) in [5.74, 6) is -2.87. The van der Waals surface area contributed by atoms with Crippen LogP contribution in [0.1, 0.15) is 88.6 Å². The first kappa shape index (κ1) is 27.5. The molecule has 0 radical (unpaired) electrons. The number of nitrogens with zero attached hydrogens (tertiary/aromatic N) is 1. The molecular weight excluding hydrogens is 546 g/mol. The van der Waals surface area contributed by atoms with Crippen molar-refractivity contribution in [1.82, 2.24) is 4.90 Å². The van der Waals surface area contributed by atoms with Crippen LogP contribution < -0.4 is 4.74 Å². The molecule has 0 bridgehead atoms. The second-order valence-electron chi connectivity index (χ2n) is 12.0. The molecule has 222 valence electrons. The highest BCUT2D eigenvalue weighted by Crippen LogP contribution is 2.53. The van der Waals surface area contributed by atoms with Crippen LogP contribution in [0, 0.1) is 0 Å². The summed E-state index contributed by atoms with van der Waals surface area (Å²) < 4.78 is 24.2. The number of aromatic hydroxyl groups is 2. The molecule has 3 aliphatic heterocycles. The number of rotatable bonds is 4. The molecule has 7 atom stereocenters. The molecule has 1 unspecified atom stereocenters. The van der Waals surface area contributed by atoms with Crippen LogP contribution in [-0.4, -0.2) is 87.6 Å². The average Bonchev–Trinajstić information content (AvgIpc) is 3.55. The van der Waals surface area contributed by atoms with Crippen molar-refractivity contribution in [1.29, 1.82) is 0 Å². The van der Waals surface area contributed by atoms with Gasteiger partial charge in [-0.2, -0.15) is 0 Å². The number of hydrogen-bond donors (Lipinski definition) is 3. The molecule has 42 heavy (non-hydrogen) atoms. The van der Waals surface area contributed by atoms with Crippen LogP contribution in [0.2, 0.25) is 0 Å². The molecule has 3 fully saturated rings. The van der Waals surface area contributed by atoms with Gasteiger partial charge in [-0.1, -0.05) is 12.1 Å². The van der Waals surface area contributed by atoms with Crippen molar-refractivity contribution in [3.63, 3.8) is 0 Å². The van der Waals surface area contributed by atoms with Gasteiger partial charge in [-0.15, -0.1) is 0 Å². The Morgan fingerprint density at radius 2 is 1.86 bits per heavy atom. The average molecular weight is 580 g/mol. The molecule has 3 saturated heterocycles. The Hall–Kier alpha value is -3.35. The lowest BCUT2D eigenvalue weighted by molar-refractivity contribution is -0.247. The van der Waals surface area contributed by atoms with Gasteiger partial charge in [0.2, 0.25) is 5.78 Å². The first-order valence-electron chi connectivity index (χ1n) is 14.4. The lowest BCUT2D eigenvalue weighted by atomic mass is 9.72. The largest absolute Gasteiger partial charge is 0.507 e. The summed E-state index contributed by atoms with van der Waals surface area (Å²) in [4.78, 5) is 42.4. The van der Waals surface area contributed by atoms with E-state index in [1.165, 1.54) is 26.2 Å². The van der Waals surface area contributed by atoms with E-state index in [1.807, 2.05) is 6.92 Å². The summed E-state index contributed by atoms with van der Waals surface area (Å²) in [7, 11) is 1.37. The molecule has 2 aromatic carbocycles. The SMILES string of the molecule is COc1cccc2c1C(=O)c1c(O)c3c(c(O)c1C2=O)C[C@@](O)(C(C)=O)C[C@@H]3O[C@H]1C[C@@H]2[C@@H](OC3CCCN32)[C@H](C)O1. The molecule has 0 saturated carbocycles. The minimum absolute atomic E-state index is 0.0155. The Morgan fingerprint density at radius 3 is 2.60 bits per heavy atom. The molecule has 7 rings (SSSR count). The Labute approximate surface area is 241 Å². The van der Waals surface area contributed by atoms with Crippen molar-refractivity contribution in [2.24, 2.45) is 0 Å². The van der Waals surface area contributed by atoms with Crippen molar-refractivity contribution in [3.05, 3.63) is 51.6 Å². The minimum atomic E-state index is -1.95. The Morgan fingerprint density at radius 1 is 1.10 bits per heavy atom. The van der Waals surface area contributed by atoms with E-state index in [1.54, 1.807) is 6.07 Å². The number of fused-ring (bicyclic) bond motifs is 6. The first-order chi connectivity index (χ1) is 20.0. The van der Waals surface area contributed by atoms with Gasteiger partial charge in [-0.3, -0.25) is 19.3 Å². The third kappa shape index (κ3) is 3.80. The zero-order valence-corrected chi connectivity index (χ0v) is 23.6. The normalized spacial score (nSPS) is 33.4. The van der Waals surface area contributed by atoms with Crippen LogP contribution in [0.25, 0.3) is 0 Å². The quantitative estimate of drug-likeness (QED) is 0.391. The first-order valence-corrected chi connectivity index (χ1v) is 14.4. The second-order valence-corrected chi connectivity index (χ2v) is 12.0. The van der Waals surface area contributed by atoms with Gasteiger partial charge in [0.15, 0.2) is 17.9 Å². The fraction of sp³-hybridized carbons (Fsp3) is 0.516. The van der Waals surface area contributed by atoms with Crippen molar-refractivity contribution in [2.45, 2.75) is 88.4 Å². The molecule has 11 heteroatoms. The van der Waals surface area contributed by atoms with Crippen LogP contribution in [0.15, 0.2) is 18.2 Å². The summed E-state index contributed by atoms with van der Waals surface area (Å²) >= 11 is 0. The lowest BCUT2D eigenvalue weighted by Gasteiger charge is -2.42. The summed E-state index contributed by atoms with van der Waals surface area (Å²) in [6.45, 7) is 4.05. The van der Waals surface area contributed by atoms with Gasteiger partial charge < -0.3 is 34.3 Å². The van der Waals surface area contributed by atoms with Gasteiger partial charge >= 0.3 is 0 Å². The van der Waals surface area contributed by atoms with E-state index in [0.717, 1.165) is 19.4 Å². The summed E-state index contributed by atoms with van der Waals surface area (Å²) in [5.41, 5.74) is -2.65. The third-order valence-electron chi connectivity index (χ3n) is 9.67. The number of aliphatic hydroxyl groups is 1. The second kappa shape index (κ2) is 9.58. The minimum Gasteiger partial charge on any atom is -0.507 e. The number of phenolic OH excluding ortho intramolecular Hbond substituents is 2. The maximum Gasteiger partial charge on any atom is 0.202 e. The number of methoxy groups -OCH3 is 1. The molecule has 5 aliphatic rings. The van der Waals surface area contributed by atoms with E-state index < -0.39 is 46.8 Å². The number of Topliss-reactive ketones (excluding diaryl/α,β-unsaturated/α-hetero) is 1. The van der Waals surface area contributed by atoms with Crippen molar-refractivity contribution in [2.75, 3.05) is 13.7 Å². The highest BCUT2D eigenvalue weighted by Gasteiger charge is 2.53. The smallest absolute Gasteiger partial charge is 0.202 e. The molecule has 0 amide bonds. The molecule has 2 aliphatic carbocycles. The van der Waals surface area contributed by atoms with Gasteiger partial charge in [-0.05, 0) is 32.8 Å². The van der Waals surface area contributed by atoms with Crippen LogP contribution in [0.3, 0.4) is 0 Å². The van der Waals surface area contributed by atoms with Gasteiger partial charge in [0.1, 0.15) is 35.2 Å². The fourth-order valence-corrected chi connectivity index (χ4v) is 7.58. The van der Waals surface area contributed by atoms with Crippen LogP contribution in [0.4, 0.5) is 0 Å². The van der Waals surface area contributed by atoms with Crippen molar-refractivity contribution < 1.29 is 48.7 Å². The number of carbonyl (C=O) groups is 3. The third-order valence-corrected chi connectivity index (χ3v) is 9.67. The molecule has 0 aromatic heterocycles. The Bertz CT molecular complexity index is 1540. The summed E-state index contributed by atoms with van der Waals surface area (Å²) in [6, 6.07) is 4.59. The van der Waals surface area contributed by atoms with Crippen LogP contribution >= 0.6 is 0 Å². The van der Waals surface area contributed by atoms with Crippen LogP contribution in [0.5, 0.6) is 17.2 Å². The summed E-state index contributed by atoms with van der Waals surface area (Å²) in [6.07, 6.45) is -0.469. The van der Waals surface area contributed by atoms with E-state index in [4.69, 9.17) is 18.9 Å². The summed E-state index contributed by atoms with van der Waals surface area (Å²) in [5, 5.41) is 34.6. The van der Waals surface area contributed by atoms with Crippen molar-refractivity contribution in [3.8, 4) is 17.2 Å². The molecule has 0 spiro atoms. The predicted molar refractivity (Wildman–Crippen MR) is 145 cm³/mol. The monoisotopic (exact) mass is 579 g/mol.